The van der Waals surface area contributed by atoms with E-state index < -0.39 is 26.2 Å². The Morgan fingerprint density at radius 1 is 1.17 bits per heavy atom. The van der Waals surface area contributed by atoms with E-state index >= 15 is 0 Å². The zero-order valence-electron chi connectivity index (χ0n) is 12.4. The highest BCUT2D eigenvalue weighted by Crippen LogP contribution is 2.20. The summed E-state index contributed by atoms with van der Waals surface area (Å²) in [5.74, 6) is -1.16. The molecule has 0 atom stereocenters. The topological polar surface area (TPSA) is 118 Å². The van der Waals surface area contributed by atoms with E-state index in [4.69, 9.17) is 0 Å². The number of rotatable bonds is 5. The number of hydrogen-bond donors (Lipinski definition) is 2. The van der Waals surface area contributed by atoms with Crippen molar-refractivity contribution in [1.82, 2.24) is 14.9 Å². The zero-order valence-corrected chi connectivity index (χ0v) is 14.0. The van der Waals surface area contributed by atoms with Crippen LogP contribution in [0.25, 0.3) is 0 Å². The van der Waals surface area contributed by atoms with Gasteiger partial charge in [0.2, 0.25) is 11.0 Å². The molecule has 0 aliphatic carbocycles. The van der Waals surface area contributed by atoms with E-state index in [0.717, 1.165) is 18.9 Å². The summed E-state index contributed by atoms with van der Waals surface area (Å²) in [7, 11) is -4.05. The largest absolute Gasteiger partial charge is 0.296 e. The Hall–Kier alpha value is -2.33. The van der Waals surface area contributed by atoms with Crippen LogP contribution in [0.1, 0.15) is 29.8 Å². The fourth-order valence-electron chi connectivity index (χ4n) is 1.66. The molecular weight excluding hydrogens is 340 g/mol. The van der Waals surface area contributed by atoms with Gasteiger partial charge in [-0.2, -0.15) is 8.42 Å². The van der Waals surface area contributed by atoms with Crippen molar-refractivity contribution in [1.29, 1.82) is 0 Å². The number of benzene rings is 1. The highest BCUT2D eigenvalue weighted by molar-refractivity contribution is 7.92. The molecule has 8 nitrogen and oxygen atoms in total. The Kier molecular flexibility index (Phi) is 5.06. The number of nitrogens with one attached hydrogen (secondary N) is 2. The van der Waals surface area contributed by atoms with E-state index in [1.807, 2.05) is 19.1 Å². The lowest BCUT2D eigenvalue weighted by Crippen LogP contribution is -2.28. The second-order valence-electron chi connectivity index (χ2n) is 4.54. The summed E-state index contributed by atoms with van der Waals surface area (Å²) in [6.45, 7) is 3.08. The summed E-state index contributed by atoms with van der Waals surface area (Å²) in [5, 5.41) is 9.56. The maximum atomic E-state index is 12.1. The van der Waals surface area contributed by atoms with E-state index in [1.54, 1.807) is 16.9 Å². The fourth-order valence-corrected chi connectivity index (χ4v) is 3.55. The molecule has 23 heavy (non-hydrogen) atoms. The summed E-state index contributed by atoms with van der Waals surface area (Å²) in [4.78, 5) is 22.9. The minimum absolute atomic E-state index is 0.0264. The predicted molar refractivity (Wildman–Crippen MR) is 84.7 cm³/mol. The standard InChI is InChI=1S/C13H14N4O4S2/c1-3-9-4-6-10(7-5-9)11(19)14-12-15-16-13(22-12)23(20,21)17-8(2)18/h4-7H,3H2,1-2H3,(H,17,18)(H,14,15,19). The van der Waals surface area contributed by atoms with Crippen molar-refractivity contribution in [2.24, 2.45) is 0 Å². The zero-order chi connectivity index (χ0) is 17.0. The normalized spacial score (nSPS) is 11.0. The summed E-state index contributed by atoms with van der Waals surface area (Å²) < 4.78 is 24.9. The van der Waals surface area contributed by atoms with Crippen LogP contribution in [-0.4, -0.2) is 30.4 Å². The highest BCUT2D eigenvalue weighted by atomic mass is 32.2. The lowest BCUT2D eigenvalue weighted by atomic mass is 10.1. The van der Waals surface area contributed by atoms with Crippen molar-refractivity contribution in [3.8, 4) is 0 Å². The summed E-state index contributed by atoms with van der Waals surface area (Å²) in [6.07, 6.45) is 0.864. The first-order valence-electron chi connectivity index (χ1n) is 6.59. The molecule has 0 aliphatic rings. The Bertz CT molecular complexity index is 828. The molecule has 2 amide bonds. The molecule has 0 saturated carbocycles. The van der Waals surface area contributed by atoms with E-state index in [1.165, 1.54) is 0 Å². The number of carbonyl (C=O) groups excluding carboxylic acids is 2. The first-order chi connectivity index (χ1) is 10.8. The van der Waals surface area contributed by atoms with Gasteiger partial charge in [0.15, 0.2) is 0 Å². The summed E-state index contributed by atoms with van der Waals surface area (Å²) >= 11 is 0.656. The number of nitrogens with zero attached hydrogens (tertiary/aromatic N) is 2. The molecule has 1 heterocycles. The van der Waals surface area contributed by atoms with Gasteiger partial charge in [0.05, 0.1) is 0 Å². The number of hydrogen-bond acceptors (Lipinski definition) is 7. The maximum absolute atomic E-state index is 12.1. The van der Waals surface area contributed by atoms with Crippen LogP contribution in [0.15, 0.2) is 28.6 Å². The van der Waals surface area contributed by atoms with E-state index in [0.29, 0.717) is 16.9 Å². The first kappa shape index (κ1) is 17.0. The SMILES string of the molecule is CCc1ccc(C(=O)Nc2nnc(S(=O)(=O)NC(C)=O)s2)cc1. The van der Waals surface area contributed by atoms with Gasteiger partial charge in [-0.05, 0) is 24.1 Å². The molecule has 0 radical (unpaired) electrons. The number of anilines is 1. The first-order valence-corrected chi connectivity index (χ1v) is 8.89. The Morgan fingerprint density at radius 2 is 1.83 bits per heavy atom. The number of amides is 2. The van der Waals surface area contributed by atoms with Crippen molar-refractivity contribution in [2.75, 3.05) is 5.32 Å². The summed E-state index contributed by atoms with van der Waals surface area (Å²) in [5.41, 5.74) is 1.52. The van der Waals surface area contributed by atoms with E-state index in [2.05, 4.69) is 15.5 Å². The lowest BCUT2D eigenvalue weighted by Gasteiger charge is -2.02. The van der Waals surface area contributed by atoms with E-state index in [-0.39, 0.29) is 5.13 Å². The van der Waals surface area contributed by atoms with Gasteiger partial charge >= 0.3 is 0 Å². The van der Waals surface area contributed by atoms with Gasteiger partial charge in [-0.1, -0.05) is 30.4 Å². The van der Waals surface area contributed by atoms with Crippen molar-refractivity contribution < 1.29 is 18.0 Å². The molecule has 2 N–H and O–H groups in total. The monoisotopic (exact) mass is 354 g/mol. The van der Waals surface area contributed by atoms with Crippen LogP contribution in [-0.2, 0) is 21.2 Å². The van der Waals surface area contributed by atoms with Crippen LogP contribution in [0.3, 0.4) is 0 Å². The van der Waals surface area contributed by atoms with Gasteiger partial charge < -0.3 is 0 Å². The average Bonchev–Trinajstić information content (AvgIpc) is 2.95. The van der Waals surface area contributed by atoms with Crippen LogP contribution in [0.4, 0.5) is 5.13 Å². The van der Waals surface area contributed by atoms with Crippen molar-refractivity contribution in [2.45, 2.75) is 24.6 Å². The highest BCUT2D eigenvalue weighted by Gasteiger charge is 2.22. The molecule has 10 heteroatoms. The number of aryl methyl sites for hydroxylation is 1. The number of sulfonamides is 1. The minimum atomic E-state index is -4.05. The number of carbonyl (C=O) groups is 2. The van der Waals surface area contributed by atoms with Crippen LogP contribution < -0.4 is 10.0 Å². The maximum Gasteiger partial charge on any atom is 0.293 e. The van der Waals surface area contributed by atoms with Gasteiger partial charge in [-0.25, -0.2) is 4.72 Å². The van der Waals surface area contributed by atoms with Crippen LogP contribution in [0.5, 0.6) is 0 Å². The second kappa shape index (κ2) is 6.84. The number of aromatic nitrogens is 2. The third kappa shape index (κ3) is 4.33. The third-order valence-corrected chi connectivity index (χ3v) is 5.40. The molecule has 2 aromatic rings. The second-order valence-corrected chi connectivity index (χ2v) is 7.37. The molecule has 1 aromatic carbocycles. The van der Waals surface area contributed by atoms with Gasteiger partial charge in [-0.15, -0.1) is 10.2 Å². The molecule has 2 rings (SSSR count). The molecule has 1 aromatic heterocycles. The molecule has 0 spiro atoms. The van der Waals surface area contributed by atoms with Gasteiger partial charge in [-0.3, -0.25) is 14.9 Å². The Balaban J connectivity index is 2.12. The minimum Gasteiger partial charge on any atom is -0.296 e. The molecule has 122 valence electrons. The molecule has 0 bridgehead atoms. The Labute approximate surface area is 137 Å². The molecule has 0 unspecified atom stereocenters. The van der Waals surface area contributed by atoms with E-state index in [9.17, 15) is 18.0 Å². The van der Waals surface area contributed by atoms with Crippen LogP contribution >= 0.6 is 11.3 Å². The van der Waals surface area contributed by atoms with Crippen molar-refractivity contribution in [3.05, 3.63) is 35.4 Å². The van der Waals surface area contributed by atoms with Crippen molar-refractivity contribution >= 4 is 38.3 Å². The molecule has 0 saturated heterocycles. The lowest BCUT2D eigenvalue weighted by molar-refractivity contribution is -0.117. The third-order valence-electron chi connectivity index (χ3n) is 2.76. The van der Waals surface area contributed by atoms with Crippen LogP contribution in [0.2, 0.25) is 0 Å². The van der Waals surface area contributed by atoms with Gasteiger partial charge in [0, 0.05) is 12.5 Å². The summed E-state index contributed by atoms with van der Waals surface area (Å²) in [6, 6.07) is 7.01. The fraction of sp³-hybridized carbons (Fsp3) is 0.231. The van der Waals surface area contributed by atoms with Gasteiger partial charge in [0.1, 0.15) is 0 Å². The molecule has 0 fully saturated rings. The molecule has 0 aliphatic heterocycles. The van der Waals surface area contributed by atoms with Gasteiger partial charge in [0.25, 0.3) is 20.3 Å². The van der Waals surface area contributed by atoms with Crippen LogP contribution in [0, 0.1) is 0 Å². The smallest absolute Gasteiger partial charge is 0.293 e. The average molecular weight is 354 g/mol. The predicted octanol–water partition coefficient (Wildman–Crippen LogP) is 1.18. The van der Waals surface area contributed by atoms with Crippen molar-refractivity contribution in [3.63, 3.8) is 0 Å². The quantitative estimate of drug-likeness (QED) is 0.778. The Morgan fingerprint density at radius 3 is 2.39 bits per heavy atom. The molecular formula is C13H14N4O4S2.